The summed E-state index contributed by atoms with van der Waals surface area (Å²) in [6.07, 6.45) is 2.02. The van der Waals surface area contributed by atoms with Gasteiger partial charge in [-0.3, -0.25) is 9.59 Å². The average molecular weight is 414 g/mol. The second-order valence-corrected chi connectivity index (χ2v) is 7.78. The van der Waals surface area contributed by atoms with Crippen LogP contribution in [0.15, 0.2) is 24.3 Å². The second kappa shape index (κ2) is 8.81. The van der Waals surface area contributed by atoms with Crippen LogP contribution in [0.5, 0.6) is 0 Å². The largest absolute Gasteiger partial charge is 0.461 e. The fourth-order valence-corrected chi connectivity index (χ4v) is 3.76. The highest BCUT2D eigenvalue weighted by Crippen LogP contribution is 2.31. The van der Waals surface area contributed by atoms with Crippen molar-refractivity contribution in [3.8, 4) is 0 Å². The lowest BCUT2D eigenvalue weighted by atomic mass is 10.0. The summed E-state index contributed by atoms with van der Waals surface area (Å²) in [5, 5.41) is 0. The molecule has 3 rings (SSSR count). The van der Waals surface area contributed by atoms with Crippen molar-refractivity contribution in [2.45, 2.75) is 33.6 Å². The van der Waals surface area contributed by atoms with Crippen LogP contribution in [0.2, 0.25) is 0 Å². The number of hydrogen-bond donors (Lipinski definition) is 0. The first-order valence-electron chi connectivity index (χ1n) is 10.2. The average Bonchev–Trinajstić information content (AvgIpc) is 3.47. The minimum Gasteiger partial charge on any atom is -0.461 e. The number of Topliss-reactive ketones (excluding diaryl/α,β-unsaturated/α-hetero) is 1. The standard InChI is InChI=1S/C23H27FN2O4/c1-5-30-23(29)21-14(2)20(15(3)25(21)4)19(27)13-26(12-16-9-10-16)22(28)17-7-6-8-18(24)11-17/h6-8,11,16H,5,9-10,12-13H2,1-4H3. The number of carbonyl (C=O) groups excluding carboxylic acids is 3. The molecule has 160 valence electrons. The Morgan fingerprint density at radius 1 is 1.23 bits per heavy atom. The monoisotopic (exact) mass is 414 g/mol. The molecule has 1 aliphatic rings. The second-order valence-electron chi connectivity index (χ2n) is 7.78. The molecule has 30 heavy (non-hydrogen) atoms. The molecule has 0 unspecified atom stereocenters. The summed E-state index contributed by atoms with van der Waals surface area (Å²) in [6.45, 7) is 5.78. The SMILES string of the molecule is CCOC(=O)c1c(C)c(C(=O)CN(CC2CC2)C(=O)c2cccc(F)c2)c(C)n1C. The molecule has 0 N–H and O–H groups in total. The molecule has 0 bridgehead atoms. The van der Waals surface area contributed by atoms with Crippen molar-refractivity contribution in [1.82, 2.24) is 9.47 Å². The van der Waals surface area contributed by atoms with Crippen molar-refractivity contribution in [1.29, 1.82) is 0 Å². The maximum absolute atomic E-state index is 13.6. The quantitative estimate of drug-likeness (QED) is 0.488. The topological polar surface area (TPSA) is 68.6 Å². The van der Waals surface area contributed by atoms with Crippen LogP contribution in [0.4, 0.5) is 4.39 Å². The Morgan fingerprint density at radius 3 is 2.53 bits per heavy atom. The number of esters is 1. The van der Waals surface area contributed by atoms with Gasteiger partial charge in [0.1, 0.15) is 11.5 Å². The summed E-state index contributed by atoms with van der Waals surface area (Å²) < 4.78 is 20.4. The van der Waals surface area contributed by atoms with E-state index in [4.69, 9.17) is 4.74 Å². The Morgan fingerprint density at radius 2 is 1.93 bits per heavy atom. The highest BCUT2D eigenvalue weighted by molar-refractivity contribution is 6.06. The Kier molecular flexibility index (Phi) is 6.39. The lowest BCUT2D eigenvalue weighted by molar-refractivity contribution is 0.0514. The Hall–Kier alpha value is -2.96. The van der Waals surface area contributed by atoms with Gasteiger partial charge in [0, 0.05) is 30.4 Å². The van der Waals surface area contributed by atoms with Gasteiger partial charge in [-0.15, -0.1) is 0 Å². The molecule has 2 aromatic rings. The van der Waals surface area contributed by atoms with Crippen LogP contribution in [-0.2, 0) is 11.8 Å². The molecular weight excluding hydrogens is 387 g/mol. The van der Waals surface area contributed by atoms with E-state index in [2.05, 4.69) is 0 Å². The van der Waals surface area contributed by atoms with Crippen LogP contribution in [0.25, 0.3) is 0 Å². The number of rotatable bonds is 8. The lowest BCUT2D eigenvalue weighted by Gasteiger charge is -2.22. The molecule has 1 saturated carbocycles. The summed E-state index contributed by atoms with van der Waals surface area (Å²) in [6, 6.07) is 5.50. The van der Waals surface area contributed by atoms with Gasteiger partial charge in [-0.05, 0) is 63.3 Å². The van der Waals surface area contributed by atoms with E-state index in [9.17, 15) is 18.8 Å². The number of carbonyl (C=O) groups is 3. The third kappa shape index (κ3) is 4.45. The normalized spacial score (nSPS) is 13.2. The van der Waals surface area contributed by atoms with E-state index in [1.807, 2.05) is 0 Å². The Balaban J connectivity index is 1.88. The summed E-state index contributed by atoms with van der Waals surface area (Å²) >= 11 is 0. The fraction of sp³-hybridized carbons (Fsp3) is 0.435. The summed E-state index contributed by atoms with van der Waals surface area (Å²) in [7, 11) is 1.71. The summed E-state index contributed by atoms with van der Waals surface area (Å²) in [4.78, 5) is 40.0. The van der Waals surface area contributed by atoms with E-state index in [1.165, 1.54) is 23.1 Å². The minimum absolute atomic E-state index is 0.125. The number of benzene rings is 1. The van der Waals surface area contributed by atoms with Crippen LogP contribution in [0, 0.1) is 25.6 Å². The predicted molar refractivity (Wildman–Crippen MR) is 110 cm³/mol. The van der Waals surface area contributed by atoms with Crippen LogP contribution >= 0.6 is 0 Å². The molecule has 0 aliphatic heterocycles. The zero-order valence-corrected chi connectivity index (χ0v) is 17.8. The number of nitrogens with zero attached hydrogens (tertiary/aromatic N) is 2. The van der Waals surface area contributed by atoms with Crippen molar-refractivity contribution >= 4 is 17.7 Å². The molecule has 1 aliphatic carbocycles. The molecule has 1 fully saturated rings. The summed E-state index contributed by atoms with van der Waals surface area (Å²) in [5.74, 6) is -1.23. The molecule has 1 heterocycles. The molecule has 7 heteroatoms. The van der Waals surface area contributed by atoms with Crippen LogP contribution in [0.1, 0.15) is 62.2 Å². The number of ketones is 1. The molecule has 1 aromatic carbocycles. The van der Waals surface area contributed by atoms with Gasteiger partial charge in [0.05, 0.1) is 13.2 Å². The van der Waals surface area contributed by atoms with E-state index in [0.717, 1.165) is 12.8 Å². The number of amides is 1. The molecule has 0 saturated heterocycles. The van der Waals surface area contributed by atoms with Crippen LogP contribution in [0.3, 0.4) is 0 Å². The first-order valence-corrected chi connectivity index (χ1v) is 10.2. The van der Waals surface area contributed by atoms with Gasteiger partial charge in [0.15, 0.2) is 5.78 Å². The zero-order chi connectivity index (χ0) is 22.0. The van der Waals surface area contributed by atoms with Gasteiger partial charge in [-0.1, -0.05) is 6.07 Å². The van der Waals surface area contributed by atoms with Gasteiger partial charge >= 0.3 is 5.97 Å². The maximum atomic E-state index is 13.6. The molecule has 6 nitrogen and oxygen atoms in total. The van der Waals surface area contributed by atoms with Gasteiger partial charge in [-0.2, -0.15) is 0 Å². The Labute approximate surface area is 175 Å². The molecule has 1 amide bonds. The van der Waals surface area contributed by atoms with Crippen molar-refractivity contribution < 1.29 is 23.5 Å². The molecular formula is C23H27FN2O4. The van der Waals surface area contributed by atoms with Gasteiger partial charge in [0.25, 0.3) is 5.91 Å². The van der Waals surface area contributed by atoms with Gasteiger partial charge < -0.3 is 14.2 Å². The first-order chi connectivity index (χ1) is 14.2. The number of aromatic nitrogens is 1. The highest BCUT2D eigenvalue weighted by atomic mass is 19.1. The maximum Gasteiger partial charge on any atom is 0.355 e. The number of halogens is 1. The van der Waals surface area contributed by atoms with E-state index in [0.29, 0.717) is 35.0 Å². The van der Waals surface area contributed by atoms with E-state index in [1.54, 1.807) is 38.5 Å². The minimum atomic E-state index is -0.493. The highest BCUT2D eigenvalue weighted by Gasteiger charge is 2.31. The molecule has 1 aromatic heterocycles. The number of hydrogen-bond acceptors (Lipinski definition) is 4. The van der Waals surface area contributed by atoms with Crippen molar-refractivity contribution in [2.24, 2.45) is 13.0 Å². The third-order valence-corrected chi connectivity index (χ3v) is 5.55. The third-order valence-electron chi connectivity index (χ3n) is 5.55. The fourth-order valence-electron chi connectivity index (χ4n) is 3.76. The van der Waals surface area contributed by atoms with Crippen molar-refractivity contribution in [2.75, 3.05) is 19.7 Å². The lowest BCUT2D eigenvalue weighted by Crippen LogP contribution is -2.37. The molecule has 0 radical (unpaired) electrons. The van der Waals surface area contributed by atoms with Gasteiger partial charge in [-0.25, -0.2) is 9.18 Å². The number of ether oxygens (including phenoxy) is 1. The van der Waals surface area contributed by atoms with Crippen LogP contribution in [-0.4, -0.2) is 46.8 Å². The molecule has 0 atom stereocenters. The summed E-state index contributed by atoms with van der Waals surface area (Å²) in [5.41, 5.74) is 2.17. The Bertz CT molecular complexity index is 991. The van der Waals surface area contributed by atoms with Crippen LogP contribution < -0.4 is 0 Å². The predicted octanol–water partition coefficient (Wildman–Crippen LogP) is 3.69. The van der Waals surface area contributed by atoms with E-state index < -0.39 is 11.8 Å². The van der Waals surface area contributed by atoms with E-state index >= 15 is 0 Å². The first kappa shape index (κ1) is 21.7. The zero-order valence-electron chi connectivity index (χ0n) is 17.8. The van der Waals surface area contributed by atoms with Crippen molar-refractivity contribution in [3.63, 3.8) is 0 Å². The van der Waals surface area contributed by atoms with Gasteiger partial charge in [0.2, 0.25) is 0 Å². The smallest absolute Gasteiger partial charge is 0.355 e. The van der Waals surface area contributed by atoms with Crippen molar-refractivity contribution in [3.05, 3.63) is 58.2 Å². The molecule has 0 spiro atoms. The van der Waals surface area contributed by atoms with E-state index in [-0.39, 0.29) is 30.4 Å².